The van der Waals surface area contributed by atoms with E-state index in [-0.39, 0.29) is 11.1 Å². The molecule has 31 heavy (non-hydrogen) atoms. The van der Waals surface area contributed by atoms with Crippen LogP contribution in [0.15, 0.2) is 47.7 Å². The maximum atomic E-state index is 12.9. The number of fused-ring (bicyclic) bond motifs is 1. The van der Waals surface area contributed by atoms with E-state index < -0.39 is 0 Å². The summed E-state index contributed by atoms with van der Waals surface area (Å²) in [5.41, 5.74) is 2.01. The predicted octanol–water partition coefficient (Wildman–Crippen LogP) is 2.95. The minimum atomic E-state index is -0.157. The minimum Gasteiger partial charge on any atom is -0.497 e. The topological polar surface area (TPSA) is 82.4 Å². The van der Waals surface area contributed by atoms with E-state index in [2.05, 4.69) is 28.7 Å². The number of anilines is 1. The third-order valence-corrected chi connectivity index (χ3v) is 5.84. The molecule has 0 saturated heterocycles. The van der Waals surface area contributed by atoms with Gasteiger partial charge in [0, 0.05) is 30.9 Å². The largest absolute Gasteiger partial charge is 0.497 e. The fourth-order valence-electron chi connectivity index (χ4n) is 3.99. The van der Waals surface area contributed by atoms with Gasteiger partial charge in [-0.05, 0) is 56.5 Å². The molecule has 1 aliphatic rings. The highest BCUT2D eigenvalue weighted by atomic mass is 16.5. The lowest BCUT2D eigenvalue weighted by Crippen LogP contribution is -2.52. The van der Waals surface area contributed by atoms with Crippen LogP contribution < -0.4 is 19.9 Å². The summed E-state index contributed by atoms with van der Waals surface area (Å²) in [7, 11) is 3.32. The molecular weight excluding hydrogens is 394 g/mol. The van der Waals surface area contributed by atoms with Gasteiger partial charge in [-0.3, -0.25) is 9.36 Å². The Labute approximate surface area is 181 Å². The second kappa shape index (κ2) is 8.37. The van der Waals surface area contributed by atoms with Crippen LogP contribution in [0.4, 0.5) is 5.95 Å². The summed E-state index contributed by atoms with van der Waals surface area (Å²) < 4.78 is 12.7. The first-order chi connectivity index (χ1) is 14.9. The van der Waals surface area contributed by atoms with Gasteiger partial charge in [-0.1, -0.05) is 0 Å². The van der Waals surface area contributed by atoms with Crippen molar-refractivity contribution in [3.8, 4) is 22.9 Å². The van der Waals surface area contributed by atoms with Gasteiger partial charge >= 0.3 is 0 Å². The molecule has 0 saturated carbocycles. The average molecular weight is 422 g/mol. The third-order valence-electron chi connectivity index (χ3n) is 5.84. The Morgan fingerprint density at radius 1 is 1.10 bits per heavy atom. The third kappa shape index (κ3) is 4.10. The van der Waals surface area contributed by atoms with Crippen LogP contribution in [-0.2, 0) is 13.0 Å². The molecule has 0 radical (unpaired) electrons. The molecule has 0 unspecified atom stereocenters. The van der Waals surface area contributed by atoms with Crippen molar-refractivity contribution < 1.29 is 9.47 Å². The number of aromatic nitrogens is 4. The Morgan fingerprint density at radius 2 is 1.94 bits per heavy atom. The molecule has 0 N–H and O–H groups in total. The molecular formula is C23H27N5O3. The molecule has 3 aromatic rings. The van der Waals surface area contributed by atoms with E-state index in [0.717, 1.165) is 29.9 Å². The van der Waals surface area contributed by atoms with Crippen molar-refractivity contribution in [1.29, 1.82) is 0 Å². The second-order valence-corrected chi connectivity index (χ2v) is 8.17. The van der Waals surface area contributed by atoms with Crippen molar-refractivity contribution in [3.63, 3.8) is 0 Å². The van der Waals surface area contributed by atoms with Crippen molar-refractivity contribution >= 4 is 5.95 Å². The van der Waals surface area contributed by atoms with Gasteiger partial charge in [-0.15, -0.1) is 0 Å². The molecule has 4 rings (SSSR count). The molecule has 0 atom stereocenters. The van der Waals surface area contributed by atoms with E-state index in [9.17, 15) is 4.79 Å². The van der Waals surface area contributed by atoms with E-state index in [0.29, 0.717) is 30.4 Å². The number of methoxy groups -OCH3 is 2. The zero-order valence-electron chi connectivity index (χ0n) is 18.3. The Bertz CT molecular complexity index is 1130. The van der Waals surface area contributed by atoms with Crippen LogP contribution in [0.25, 0.3) is 11.4 Å². The van der Waals surface area contributed by atoms with E-state index in [1.165, 1.54) is 6.33 Å². The zero-order chi connectivity index (χ0) is 22.0. The number of nitrogens with zero attached hydrogens (tertiary/aromatic N) is 5. The van der Waals surface area contributed by atoms with Gasteiger partial charge < -0.3 is 14.4 Å². The first-order valence-electron chi connectivity index (χ1n) is 10.3. The molecule has 0 fully saturated rings. The van der Waals surface area contributed by atoms with Crippen molar-refractivity contribution in [2.24, 2.45) is 0 Å². The highest BCUT2D eigenvalue weighted by molar-refractivity contribution is 5.56. The molecule has 0 aliphatic carbocycles. The quantitative estimate of drug-likeness (QED) is 0.605. The summed E-state index contributed by atoms with van der Waals surface area (Å²) >= 11 is 0. The van der Waals surface area contributed by atoms with Gasteiger partial charge in [-0.25, -0.2) is 15.0 Å². The first kappa shape index (κ1) is 20.8. The van der Waals surface area contributed by atoms with Gasteiger partial charge in [0.25, 0.3) is 5.56 Å². The van der Waals surface area contributed by atoms with Gasteiger partial charge in [0.15, 0.2) is 0 Å². The fraction of sp³-hybridized carbons (Fsp3) is 0.391. The van der Waals surface area contributed by atoms with E-state index in [4.69, 9.17) is 14.5 Å². The Morgan fingerprint density at radius 3 is 2.65 bits per heavy atom. The SMILES string of the molecule is COc1ccc(OC)c(CCN2c3nc(-c4ccncn4)cc(=O)n3CCC2(C)C)c1. The van der Waals surface area contributed by atoms with E-state index in [1.807, 2.05) is 18.2 Å². The Hall–Kier alpha value is -3.42. The highest BCUT2D eigenvalue weighted by Gasteiger charge is 2.34. The van der Waals surface area contributed by atoms with Crippen molar-refractivity contribution in [2.45, 2.75) is 38.8 Å². The average Bonchev–Trinajstić information content (AvgIpc) is 2.78. The molecule has 1 aromatic carbocycles. The molecule has 1 aliphatic heterocycles. The van der Waals surface area contributed by atoms with Crippen molar-refractivity contribution in [3.05, 3.63) is 58.8 Å². The van der Waals surface area contributed by atoms with Gasteiger partial charge in [0.1, 0.15) is 17.8 Å². The summed E-state index contributed by atoms with van der Waals surface area (Å²) in [5, 5.41) is 0. The monoisotopic (exact) mass is 421 g/mol. The first-order valence-corrected chi connectivity index (χ1v) is 10.3. The standard InChI is InChI=1S/C23H27N5O3/c1-23(2)9-12-27-21(29)14-19(18-7-10-24-15-25-18)26-22(27)28(23)11-8-16-13-17(30-3)5-6-20(16)31-4/h5-7,10,13-15H,8-9,11-12H2,1-4H3. The Kier molecular flexibility index (Phi) is 5.63. The van der Waals surface area contributed by atoms with Crippen molar-refractivity contribution in [1.82, 2.24) is 19.5 Å². The fourth-order valence-corrected chi connectivity index (χ4v) is 3.99. The van der Waals surface area contributed by atoms with Crippen LogP contribution in [0.3, 0.4) is 0 Å². The number of hydrogen-bond donors (Lipinski definition) is 0. The maximum Gasteiger partial charge on any atom is 0.255 e. The van der Waals surface area contributed by atoms with Gasteiger partial charge in [-0.2, -0.15) is 0 Å². The van der Waals surface area contributed by atoms with Gasteiger partial charge in [0.05, 0.1) is 25.6 Å². The lowest BCUT2D eigenvalue weighted by atomic mass is 9.95. The molecule has 162 valence electrons. The smallest absolute Gasteiger partial charge is 0.255 e. The lowest BCUT2D eigenvalue weighted by Gasteiger charge is -2.44. The molecule has 0 bridgehead atoms. The summed E-state index contributed by atoms with van der Waals surface area (Å²) in [4.78, 5) is 28.2. The van der Waals surface area contributed by atoms with Crippen LogP contribution in [0.5, 0.6) is 11.5 Å². The van der Waals surface area contributed by atoms with Crippen LogP contribution in [0.2, 0.25) is 0 Å². The highest BCUT2D eigenvalue weighted by Crippen LogP contribution is 2.32. The lowest BCUT2D eigenvalue weighted by molar-refractivity contribution is 0.346. The summed E-state index contributed by atoms with van der Waals surface area (Å²) in [6, 6.07) is 9.11. The zero-order valence-corrected chi connectivity index (χ0v) is 18.3. The van der Waals surface area contributed by atoms with Gasteiger partial charge in [0.2, 0.25) is 5.95 Å². The van der Waals surface area contributed by atoms with Crippen LogP contribution >= 0.6 is 0 Å². The summed E-state index contributed by atoms with van der Waals surface area (Å²) in [5.74, 6) is 2.27. The maximum absolute atomic E-state index is 12.9. The molecule has 8 nitrogen and oxygen atoms in total. The summed E-state index contributed by atoms with van der Waals surface area (Å²) in [6.07, 6.45) is 4.68. The number of rotatable bonds is 6. The van der Waals surface area contributed by atoms with E-state index >= 15 is 0 Å². The molecule has 0 spiro atoms. The predicted molar refractivity (Wildman–Crippen MR) is 119 cm³/mol. The molecule has 3 heterocycles. The van der Waals surface area contributed by atoms with Crippen LogP contribution in [0.1, 0.15) is 25.8 Å². The second-order valence-electron chi connectivity index (χ2n) is 8.17. The molecule has 8 heteroatoms. The summed E-state index contributed by atoms with van der Waals surface area (Å²) in [6.45, 7) is 5.68. The Balaban J connectivity index is 1.72. The number of benzene rings is 1. The number of hydrogen-bond acceptors (Lipinski definition) is 7. The van der Waals surface area contributed by atoms with Crippen molar-refractivity contribution in [2.75, 3.05) is 25.7 Å². The minimum absolute atomic E-state index is 0.0712. The molecule has 2 aromatic heterocycles. The van der Waals surface area contributed by atoms with Crippen LogP contribution in [0, 0.1) is 0 Å². The molecule has 0 amide bonds. The van der Waals surface area contributed by atoms with E-state index in [1.54, 1.807) is 37.1 Å². The normalized spacial score (nSPS) is 14.8. The number of ether oxygens (including phenoxy) is 2. The van der Waals surface area contributed by atoms with Crippen LogP contribution in [-0.4, -0.2) is 45.8 Å².